The Morgan fingerprint density at radius 1 is 0.963 bits per heavy atom. The Balaban J connectivity index is 1.97. The van der Waals surface area contributed by atoms with Gasteiger partial charge in [-0.05, 0) is 62.2 Å². The predicted octanol–water partition coefficient (Wildman–Crippen LogP) is 6.25. The van der Waals surface area contributed by atoms with E-state index in [4.69, 9.17) is 4.74 Å². The minimum absolute atomic E-state index is 0.312. The normalized spacial score (nSPS) is 12.4. The molecule has 2 aromatic carbocycles. The third-order valence-corrected chi connectivity index (χ3v) is 3.89. The zero-order valence-electron chi connectivity index (χ0n) is 14.9. The molecule has 0 atom stereocenters. The number of hydrogen-bond donors (Lipinski definition) is 0. The molecule has 0 bridgehead atoms. The van der Waals surface area contributed by atoms with Gasteiger partial charge in [-0.3, -0.25) is 4.57 Å². The van der Waals surface area contributed by atoms with Gasteiger partial charge in [-0.1, -0.05) is 12.1 Å². The van der Waals surface area contributed by atoms with Crippen LogP contribution >= 0.6 is 0 Å². The summed E-state index contributed by atoms with van der Waals surface area (Å²) in [6.07, 6.45) is -3.72. The Morgan fingerprint density at radius 2 is 1.59 bits per heavy atom. The van der Waals surface area contributed by atoms with E-state index >= 15 is 0 Å². The van der Waals surface area contributed by atoms with Crippen LogP contribution in [-0.4, -0.2) is 16.3 Å². The van der Waals surface area contributed by atoms with Crippen molar-refractivity contribution in [1.82, 2.24) is 4.57 Å². The third kappa shape index (κ3) is 3.97. The van der Waals surface area contributed by atoms with Crippen molar-refractivity contribution in [3.05, 3.63) is 60.0 Å². The van der Waals surface area contributed by atoms with E-state index in [1.165, 1.54) is 10.6 Å². The predicted molar refractivity (Wildman–Crippen MR) is 94.0 cm³/mol. The molecule has 0 amide bonds. The molecule has 0 N–H and O–H groups in total. The summed E-state index contributed by atoms with van der Waals surface area (Å²) in [4.78, 5) is 12.3. The first kappa shape index (κ1) is 18.9. The number of carbonyl (C=O) groups excluding carboxylic acids is 1. The number of ether oxygens (including phenoxy) is 1. The van der Waals surface area contributed by atoms with Crippen molar-refractivity contribution in [2.75, 3.05) is 0 Å². The Morgan fingerprint density at radius 3 is 2.19 bits per heavy atom. The van der Waals surface area contributed by atoms with Crippen molar-refractivity contribution < 1.29 is 27.1 Å². The highest BCUT2D eigenvalue weighted by atomic mass is 19.4. The fourth-order valence-corrected chi connectivity index (χ4v) is 2.72. The molecule has 0 saturated carbocycles. The van der Waals surface area contributed by atoms with E-state index in [1.54, 1.807) is 51.2 Å². The number of aromatic nitrogens is 1. The average molecular weight is 379 g/mol. The van der Waals surface area contributed by atoms with Crippen molar-refractivity contribution in [2.45, 2.75) is 32.5 Å². The quantitative estimate of drug-likeness (QED) is 0.468. The van der Waals surface area contributed by atoms with Gasteiger partial charge >= 0.3 is 12.3 Å². The highest BCUT2D eigenvalue weighted by Crippen LogP contribution is 2.34. The molecule has 3 aromatic rings. The minimum atomic E-state index is -4.74. The molecular weight excluding hydrogens is 362 g/mol. The lowest BCUT2D eigenvalue weighted by Gasteiger charge is -2.19. The van der Waals surface area contributed by atoms with Gasteiger partial charge in [-0.15, -0.1) is 0 Å². The van der Waals surface area contributed by atoms with Gasteiger partial charge in [0.2, 0.25) is 0 Å². The maximum absolute atomic E-state index is 13.8. The summed E-state index contributed by atoms with van der Waals surface area (Å²) in [5.41, 5.74) is -0.515. The second kappa shape index (κ2) is 6.40. The molecule has 0 aliphatic heterocycles. The Labute approximate surface area is 153 Å². The fourth-order valence-electron chi connectivity index (χ4n) is 2.72. The molecule has 0 aliphatic rings. The van der Waals surface area contributed by atoms with Gasteiger partial charge in [0.25, 0.3) is 0 Å². The van der Waals surface area contributed by atoms with E-state index in [9.17, 15) is 22.4 Å². The van der Waals surface area contributed by atoms with Crippen LogP contribution in [0, 0.1) is 5.82 Å². The average Bonchev–Trinajstić information content (AvgIpc) is 2.95. The van der Waals surface area contributed by atoms with Crippen LogP contribution in [0.1, 0.15) is 26.3 Å². The SMILES string of the molecule is CC(C)(C)OC(=O)n1ccc2cc(-c3ccc(C(F)(F)F)c(F)c3)ccc21. The van der Waals surface area contributed by atoms with Gasteiger partial charge in [0.15, 0.2) is 0 Å². The molecule has 1 aromatic heterocycles. The molecule has 0 spiro atoms. The van der Waals surface area contributed by atoms with E-state index in [1.807, 2.05) is 0 Å². The van der Waals surface area contributed by atoms with Gasteiger partial charge in [-0.2, -0.15) is 13.2 Å². The van der Waals surface area contributed by atoms with Gasteiger partial charge in [0, 0.05) is 11.6 Å². The molecule has 0 saturated heterocycles. The Hall–Kier alpha value is -2.83. The van der Waals surface area contributed by atoms with E-state index in [2.05, 4.69) is 0 Å². The Bertz CT molecular complexity index is 1010. The van der Waals surface area contributed by atoms with Gasteiger partial charge in [0.1, 0.15) is 11.4 Å². The molecular formula is C20H17F4NO2. The molecule has 142 valence electrons. The van der Waals surface area contributed by atoms with Gasteiger partial charge < -0.3 is 4.74 Å². The van der Waals surface area contributed by atoms with Gasteiger partial charge in [0.05, 0.1) is 11.1 Å². The smallest absolute Gasteiger partial charge is 0.419 e. The lowest BCUT2D eigenvalue weighted by Crippen LogP contribution is -2.26. The fraction of sp³-hybridized carbons (Fsp3) is 0.250. The molecule has 0 unspecified atom stereocenters. The van der Waals surface area contributed by atoms with Gasteiger partial charge in [-0.25, -0.2) is 9.18 Å². The van der Waals surface area contributed by atoms with Crippen LogP contribution in [0.3, 0.4) is 0 Å². The second-order valence-electron chi connectivity index (χ2n) is 7.13. The van der Waals surface area contributed by atoms with Crippen LogP contribution in [0.2, 0.25) is 0 Å². The summed E-state index contributed by atoms with van der Waals surface area (Å²) < 4.78 is 58.6. The topological polar surface area (TPSA) is 31.2 Å². The van der Waals surface area contributed by atoms with Crippen LogP contribution < -0.4 is 0 Å². The van der Waals surface area contributed by atoms with E-state index in [0.29, 0.717) is 22.0 Å². The molecule has 3 nitrogen and oxygen atoms in total. The number of carbonyl (C=O) groups is 1. The highest BCUT2D eigenvalue weighted by molar-refractivity contribution is 5.92. The standard InChI is InChI=1S/C20H17F4NO2/c1-19(2,3)27-18(26)25-9-8-14-10-12(5-7-17(14)25)13-4-6-15(16(21)11-13)20(22,23)24/h4-11H,1-3H3. The summed E-state index contributed by atoms with van der Waals surface area (Å²) >= 11 is 0. The van der Waals surface area contributed by atoms with E-state index in [0.717, 1.165) is 12.1 Å². The van der Waals surface area contributed by atoms with E-state index in [-0.39, 0.29) is 0 Å². The molecule has 0 fully saturated rings. The van der Waals surface area contributed by atoms with Crippen molar-refractivity contribution in [1.29, 1.82) is 0 Å². The molecule has 0 aliphatic carbocycles. The monoisotopic (exact) mass is 379 g/mol. The van der Waals surface area contributed by atoms with Crippen LogP contribution in [-0.2, 0) is 10.9 Å². The number of nitrogens with zero attached hydrogens (tertiary/aromatic N) is 1. The van der Waals surface area contributed by atoms with E-state index < -0.39 is 29.3 Å². The maximum atomic E-state index is 13.8. The number of hydrogen-bond acceptors (Lipinski definition) is 2. The van der Waals surface area contributed by atoms with Crippen LogP contribution in [0.15, 0.2) is 48.7 Å². The van der Waals surface area contributed by atoms with Crippen LogP contribution in [0.4, 0.5) is 22.4 Å². The summed E-state index contributed by atoms with van der Waals surface area (Å²) in [5, 5.41) is 0.679. The first-order chi connectivity index (χ1) is 12.5. The molecule has 0 radical (unpaired) electrons. The van der Waals surface area contributed by atoms with Crippen molar-refractivity contribution >= 4 is 17.0 Å². The molecule has 3 rings (SSSR count). The van der Waals surface area contributed by atoms with Crippen molar-refractivity contribution in [3.8, 4) is 11.1 Å². The maximum Gasteiger partial charge on any atom is 0.419 e. The number of halogens is 4. The Kier molecular flexibility index (Phi) is 4.49. The van der Waals surface area contributed by atoms with Crippen molar-refractivity contribution in [2.24, 2.45) is 0 Å². The number of benzene rings is 2. The number of rotatable bonds is 1. The third-order valence-electron chi connectivity index (χ3n) is 3.89. The first-order valence-corrected chi connectivity index (χ1v) is 8.17. The summed E-state index contributed by atoms with van der Waals surface area (Å²) in [5.74, 6) is -1.33. The highest BCUT2D eigenvalue weighted by Gasteiger charge is 2.34. The molecule has 7 heteroatoms. The lowest BCUT2D eigenvalue weighted by atomic mass is 10.0. The first-order valence-electron chi connectivity index (χ1n) is 8.17. The summed E-state index contributed by atoms with van der Waals surface area (Å²) in [7, 11) is 0. The largest absolute Gasteiger partial charge is 0.443 e. The number of alkyl halides is 3. The molecule has 1 heterocycles. The second-order valence-corrected chi connectivity index (χ2v) is 7.13. The summed E-state index contributed by atoms with van der Waals surface area (Å²) in [6, 6.07) is 9.42. The number of fused-ring (bicyclic) bond motifs is 1. The zero-order valence-corrected chi connectivity index (χ0v) is 14.9. The zero-order chi connectivity index (χ0) is 20.0. The molecule has 27 heavy (non-hydrogen) atoms. The van der Waals surface area contributed by atoms with Crippen molar-refractivity contribution in [3.63, 3.8) is 0 Å². The van der Waals surface area contributed by atoms with Crippen LogP contribution in [0.25, 0.3) is 22.0 Å². The minimum Gasteiger partial charge on any atom is -0.443 e. The summed E-state index contributed by atoms with van der Waals surface area (Å²) in [6.45, 7) is 5.27. The van der Waals surface area contributed by atoms with Crippen LogP contribution in [0.5, 0.6) is 0 Å². The lowest BCUT2D eigenvalue weighted by molar-refractivity contribution is -0.139.